The van der Waals surface area contributed by atoms with Crippen LogP contribution in [0.2, 0.25) is 5.28 Å². The number of rotatable bonds is 3. The molecule has 0 bridgehead atoms. The highest BCUT2D eigenvalue weighted by Gasteiger charge is 2.31. The molecule has 2 fully saturated rings. The van der Waals surface area contributed by atoms with Crippen LogP contribution in [-0.2, 0) is 6.54 Å². The predicted octanol–water partition coefficient (Wildman–Crippen LogP) is 3.09. The molecule has 0 radical (unpaired) electrons. The van der Waals surface area contributed by atoms with Gasteiger partial charge in [0.2, 0.25) is 5.28 Å². The predicted molar refractivity (Wildman–Crippen MR) is 67.1 cm³/mol. The van der Waals surface area contributed by atoms with Gasteiger partial charge in [0.15, 0.2) is 0 Å². The van der Waals surface area contributed by atoms with Gasteiger partial charge in [0.05, 0.1) is 0 Å². The Kier molecular flexibility index (Phi) is 3.11. The maximum absolute atomic E-state index is 6.12. The SMILES string of the molecule is Clc1nnc(C2CC2)n1CC1CCCCS1. The van der Waals surface area contributed by atoms with E-state index >= 15 is 0 Å². The molecular weight excluding hydrogens is 242 g/mol. The van der Waals surface area contributed by atoms with Crippen molar-refractivity contribution in [2.75, 3.05) is 5.75 Å². The standard InChI is InChI=1S/C11H16ClN3S/c12-11-14-13-10(8-4-5-8)15(11)7-9-3-1-2-6-16-9/h8-9H,1-7H2. The van der Waals surface area contributed by atoms with Crippen molar-refractivity contribution in [2.24, 2.45) is 0 Å². The van der Waals surface area contributed by atoms with Crippen molar-refractivity contribution < 1.29 is 0 Å². The van der Waals surface area contributed by atoms with Crippen molar-refractivity contribution in [1.29, 1.82) is 0 Å². The van der Waals surface area contributed by atoms with Crippen LogP contribution in [0.1, 0.15) is 43.8 Å². The summed E-state index contributed by atoms with van der Waals surface area (Å²) in [4.78, 5) is 0. The maximum Gasteiger partial charge on any atom is 0.225 e. The van der Waals surface area contributed by atoms with Crippen LogP contribution in [0.25, 0.3) is 0 Å². The number of halogens is 1. The highest BCUT2D eigenvalue weighted by Crippen LogP contribution is 2.40. The van der Waals surface area contributed by atoms with Gasteiger partial charge < -0.3 is 4.57 Å². The molecule has 1 unspecified atom stereocenters. The first-order valence-electron chi connectivity index (χ1n) is 6.05. The lowest BCUT2D eigenvalue weighted by atomic mass is 10.2. The van der Waals surface area contributed by atoms with E-state index in [2.05, 4.69) is 26.5 Å². The van der Waals surface area contributed by atoms with E-state index < -0.39 is 0 Å². The Labute approximate surface area is 105 Å². The lowest BCUT2D eigenvalue weighted by Gasteiger charge is -2.22. The molecule has 0 N–H and O–H groups in total. The topological polar surface area (TPSA) is 30.7 Å². The first-order valence-corrected chi connectivity index (χ1v) is 7.47. The Morgan fingerprint density at radius 3 is 2.81 bits per heavy atom. The van der Waals surface area contributed by atoms with Gasteiger partial charge in [-0.2, -0.15) is 11.8 Å². The summed E-state index contributed by atoms with van der Waals surface area (Å²) >= 11 is 8.19. The highest BCUT2D eigenvalue weighted by molar-refractivity contribution is 7.99. The molecular formula is C11H16ClN3S. The molecule has 0 spiro atoms. The molecule has 0 aromatic carbocycles. The van der Waals surface area contributed by atoms with E-state index in [1.807, 2.05) is 0 Å². The summed E-state index contributed by atoms with van der Waals surface area (Å²) in [5.74, 6) is 3.05. The van der Waals surface area contributed by atoms with Gasteiger partial charge in [-0.05, 0) is 43.0 Å². The van der Waals surface area contributed by atoms with Gasteiger partial charge in [-0.3, -0.25) is 0 Å². The fraction of sp³-hybridized carbons (Fsp3) is 0.818. The van der Waals surface area contributed by atoms with Crippen molar-refractivity contribution in [1.82, 2.24) is 14.8 Å². The van der Waals surface area contributed by atoms with E-state index in [0.29, 0.717) is 16.5 Å². The molecule has 3 rings (SSSR count). The third-order valence-electron chi connectivity index (χ3n) is 3.34. The zero-order valence-corrected chi connectivity index (χ0v) is 10.8. The van der Waals surface area contributed by atoms with Crippen LogP contribution in [0.5, 0.6) is 0 Å². The van der Waals surface area contributed by atoms with Gasteiger partial charge in [-0.15, -0.1) is 10.2 Å². The average Bonchev–Trinajstić information content (AvgIpc) is 3.08. The second-order valence-electron chi connectivity index (χ2n) is 4.70. The summed E-state index contributed by atoms with van der Waals surface area (Å²) in [5.41, 5.74) is 0. The zero-order chi connectivity index (χ0) is 11.0. The van der Waals surface area contributed by atoms with Crippen molar-refractivity contribution in [3.05, 3.63) is 11.1 Å². The molecule has 16 heavy (non-hydrogen) atoms. The molecule has 2 aliphatic rings. The van der Waals surface area contributed by atoms with Crippen molar-refractivity contribution in [3.63, 3.8) is 0 Å². The lowest BCUT2D eigenvalue weighted by molar-refractivity contribution is 0.567. The van der Waals surface area contributed by atoms with Crippen LogP contribution >= 0.6 is 23.4 Å². The van der Waals surface area contributed by atoms with Gasteiger partial charge in [-0.1, -0.05) is 6.42 Å². The Morgan fingerprint density at radius 1 is 1.25 bits per heavy atom. The molecule has 5 heteroatoms. The molecule has 88 valence electrons. The molecule has 0 amide bonds. The fourth-order valence-corrected chi connectivity index (χ4v) is 3.75. The maximum atomic E-state index is 6.12. The van der Waals surface area contributed by atoms with Gasteiger partial charge in [0.25, 0.3) is 0 Å². The molecule has 3 nitrogen and oxygen atoms in total. The largest absolute Gasteiger partial charge is 0.300 e. The molecule has 1 aromatic heterocycles. The first kappa shape index (κ1) is 10.9. The zero-order valence-electron chi connectivity index (χ0n) is 9.23. The minimum Gasteiger partial charge on any atom is -0.300 e. The minimum absolute atomic E-state index is 0.577. The fourth-order valence-electron chi connectivity index (χ4n) is 2.26. The summed E-state index contributed by atoms with van der Waals surface area (Å²) in [7, 11) is 0. The Morgan fingerprint density at radius 2 is 2.12 bits per heavy atom. The minimum atomic E-state index is 0.577. The van der Waals surface area contributed by atoms with Crippen molar-refractivity contribution in [2.45, 2.75) is 49.8 Å². The summed E-state index contributed by atoms with van der Waals surface area (Å²) in [6, 6.07) is 0. The van der Waals surface area contributed by atoms with E-state index in [1.165, 1.54) is 37.9 Å². The average molecular weight is 258 g/mol. The third-order valence-corrected chi connectivity index (χ3v) is 5.00. The monoisotopic (exact) mass is 257 g/mol. The first-order chi connectivity index (χ1) is 7.84. The quantitative estimate of drug-likeness (QED) is 0.834. The summed E-state index contributed by atoms with van der Waals surface area (Å²) in [6.07, 6.45) is 6.55. The van der Waals surface area contributed by atoms with Crippen LogP contribution in [0.15, 0.2) is 0 Å². The van der Waals surface area contributed by atoms with Crippen molar-refractivity contribution >= 4 is 23.4 Å². The Bertz CT molecular complexity index is 369. The Balaban J connectivity index is 1.74. The number of thioether (sulfide) groups is 1. The summed E-state index contributed by atoms with van der Waals surface area (Å²) in [6.45, 7) is 1.00. The van der Waals surface area contributed by atoms with Crippen LogP contribution in [0.4, 0.5) is 0 Å². The normalized spacial score (nSPS) is 25.9. The summed E-state index contributed by atoms with van der Waals surface area (Å²) < 4.78 is 2.14. The van der Waals surface area contributed by atoms with Gasteiger partial charge in [0.1, 0.15) is 5.82 Å². The van der Waals surface area contributed by atoms with E-state index in [-0.39, 0.29) is 0 Å². The number of nitrogens with zero attached hydrogens (tertiary/aromatic N) is 3. The highest BCUT2D eigenvalue weighted by atomic mass is 35.5. The van der Waals surface area contributed by atoms with Gasteiger partial charge in [-0.25, -0.2) is 0 Å². The van der Waals surface area contributed by atoms with E-state index in [4.69, 9.17) is 11.6 Å². The van der Waals surface area contributed by atoms with Gasteiger partial charge in [0, 0.05) is 17.7 Å². The summed E-state index contributed by atoms with van der Waals surface area (Å²) in [5, 5.41) is 9.51. The van der Waals surface area contributed by atoms with Crippen LogP contribution in [0, 0.1) is 0 Å². The van der Waals surface area contributed by atoms with Crippen LogP contribution in [-0.4, -0.2) is 25.8 Å². The smallest absolute Gasteiger partial charge is 0.225 e. The van der Waals surface area contributed by atoms with Gasteiger partial charge >= 0.3 is 0 Å². The number of hydrogen-bond donors (Lipinski definition) is 0. The van der Waals surface area contributed by atoms with E-state index in [9.17, 15) is 0 Å². The molecule has 2 heterocycles. The molecule has 1 atom stereocenters. The second-order valence-corrected chi connectivity index (χ2v) is 6.45. The molecule has 1 aliphatic heterocycles. The third kappa shape index (κ3) is 2.23. The number of hydrogen-bond acceptors (Lipinski definition) is 3. The van der Waals surface area contributed by atoms with E-state index in [0.717, 1.165) is 12.4 Å². The van der Waals surface area contributed by atoms with Crippen molar-refractivity contribution in [3.8, 4) is 0 Å². The molecule has 1 aliphatic carbocycles. The second kappa shape index (κ2) is 4.57. The molecule has 1 aromatic rings. The Hall–Kier alpha value is -0.220. The van der Waals surface area contributed by atoms with E-state index in [1.54, 1.807) is 0 Å². The van der Waals surface area contributed by atoms with Crippen LogP contribution < -0.4 is 0 Å². The lowest BCUT2D eigenvalue weighted by Crippen LogP contribution is -2.18. The molecule has 1 saturated heterocycles. The van der Waals surface area contributed by atoms with Crippen LogP contribution in [0.3, 0.4) is 0 Å². The number of aromatic nitrogens is 3. The molecule has 1 saturated carbocycles.